The Labute approximate surface area is 199 Å². The van der Waals surface area contributed by atoms with Crippen molar-refractivity contribution >= 4 is 45.8 Å². The predicted octanol–water partition coefficient (Wildman–Crippen LogP) is 5.71. The molecule has 0 aliphatic heterocycles. The van der Waals surface area contributed by atoms with Gasteiger partial charge in [0.05, 0.1) is 10.9 Å². The van der Waals surface area contributed by atoms with Crippen LogP contribution in [0.2, 0.25) is 10.0 Å². The molecular formula is C26H18Cl2O3S. The highest BCUT2D eigenvalue weighted by Gasteiger charge is 2.28. The van der Waals surface area contributed by atoms with Crippen molar-refractivity contribution in [2.24, 2.45) is 0 Å². The molecule has 4 rings (SSSR count). The molecule has 0 amide bonds. The quantitative estimate of drug-likeness (QED) is 0.209. The van der Waals surface area contributed by atoms with E-state index in [2.05, 4.69) is 48.5 Å². The zero-order valence-electron chi connectivity index (χ0n) is 16.8. The molecule has 0 fully saturated rings. The number of Topliss-reactive ketones (excluding diaryl/α,β-unsaturated/α-hetero) is 1. The molecule has 0 N–H and O–H groups in total. The molecule has 0 radical (unpaired) electrons. The molecule has 0 heterocycles. The first kappa shape index (κ1) is 23.6. The molecule has 0 spiro atoms. The van der Waals surface area contributed by atoms with E-state index < -0.39 is 11.8 Å². The van der Waals surface area contributed by atoms with Crippen LogP contribution in [0.4, 0.5) is 0 Å². The summed E-state index contributed by atoms with van der Waals surface area (Å²) in [5.74, 6) is -2.65. The average Bonchev–Trinajstić information content (AvgIpc) is 2.83. The monoisotopic (exact) mass is 480 g/mol. The number of benzene rings is 4. The van der Waals surface area contributed by atoms with Crippen LogP contribution in [0, 0.1) is 0 Å². The molecule has 4 aromatic rings. The number of carboxylic acid groups (broad SMARTS) is 1. The van der Waals surface area contributed by atoms with Crippen molar-refractivity contribution in [3.8, 4) is 0 Å². The highest BCUT2D eigenvalue weighted by molar-refractivity contribution is 7.97. The summed E-state index contributed by atoms with van der Waals surface area (Å²) in [5, 5.41) is 11.6. The Morgan fingerprint density at radius 2 is 0.938 bits per heavy atom. The fourth-order valence-electron chi connectivity index (χ4n) is 2.81. The number of ketones is 1. The van der Waals surface area contributed by atoms with Gasteiger partial charge in [0.1, 0.15) is 5.97 Å². The number of carboxylic acids is 1. The minimum Gasteiger partial charge on any atom is -0.541 e. The number of carbonyl (C=O) groups excluding carboxylic acids is 2. The Bertz CT molecular complexity index is 1120. The van der Waals surface area contributed by atoms with Crippen molar-refractivity contribution in [3.05, 3.63) is 125 Å². The van der Waals surface area contributed by atoms with Gasteiger partial charge in [-0.25, -0.2) is 0 Å². The van der Waals surface area contributed by atoms with Crippen LogP contribution in [0.25, 0.3) is 0 Å². The van der Waals surface area contributed by atoms with E-state index in [0.29, 0.717) is 0 Å². The maximum atomic E-state index is 10.7. The van der Waals surface area contributed by atoms with Crippen LogP contribution in [0.3, 0.4) is 0 Å². The number of halogens is 2. The Kier molecular flexibility index (Phi) is 8.51. The summed E-state index contributed by atoms with van der Waals surface area (Å²) in [7, 11) is -0.148. The van der Waals surface area contributed by atoms with Crippen LogP contribution in [0.5, 0.6) is 0 Å². The fraction of sp³-hybridized carbons (Fsp3) is 0. The second-order valence-electron chi connectivity index (χ2n) is 6.51. The Hall–Kier alpha value is -3.05. The van der Waals surface area contributed by atoms with Gasteiger partial charge in [0.15, 0.2) is 14.7 Å². The van der Waals surface area contributed by atoms with Gasteiger partial charge in [-0.1, -0.05) is 71.7 Å². The molecule has 3 nitrogen and oxygen atoms in total. The third kappa shape index (κ3) is 6.47. The molecule has 0 aromatic heterocycles. The van der Waals surface area contributed by atoms with E-state index in [-0.39, 0.29) is 16.5 Å². The smallest absolute Gasteiger partial charge is 0.208 e. The zero-order valence-corrected chi connectivity index (χ0v) is 19.1. The topological polar surface area (TPSA) is 57.2 Å². The number of aliphatic carboxylic acids is 1. The molecule has 0 saturated carbocycles. The van der Waals surface area contributed by atoms with Gasteiger partial charge in [-0.15, -0.1) is 0 Å². The standard InChI is InChI=1S/C18H13Cl2S.C8H6O3/c19-14-6-10-17(11-7-14)21(16-4-2-1-3-5-16)18-12-8-15(20)9-13-18;9-7(8(10)11)6-4-2-1-3-5-6/h1-13H;1-5H,(H,10,11)/q+1;/p-1. The van der Waals surface area contributed by atoms with Crippen LogP contribution < -0.4 is 5.11 Å². The second-order valence-corrected chi connectivity index (χ2v) is 9.41. The largest absolute Gasteiger partial charge is 0.541 e. The Morgan fingerprint density at radius 3 is 1.34 bits per heavy atom. The van der Waals surface area contributed by atoms with Crippen molar-refractivity contribution < 1.29 is 14.7 Å². The lowest BCUT2D eigenvalue weighted by Gasteiger charge is -2.08. The number of hydrogen-bond acceptors (Lipinski definition) is 3. The van der Waals surface area contributed by atoms with E-state index in [4.69, 9.17) is 23.2 Å². The van der Waals surface area contributed by atoms with E-state index in [1.165, 1.54) is 26.8 Å². The normalized spacial score (nSPS) is 10.2. The summed E-state index contributed by atoms with van der Waals surface area (Å²) in [6.45, 7) is 0. The Balaban J connectivity index is 0.000000222. The molecule has 32 heavy (non-hydrogen) atoms. The molecule has 0 unspecified atom stereocenters. The van der Waals surface area contributed by atoms with Gasteiger partial charge in [0.2, 0.25) is 5.78 Å². The SMILES string of the molecule is Clc1ccc([S+](c2ccccc2)c2ccc(Cl)cc2)cc1.O=C([O-])C(=O)c1ccccc1. The summed E-state index contributed by atoms with van der Waals surface area (Å²) in [5.41, 5.74) is 0.146. The first-order valence-corrected chi connectivity index (χ1v) is 11.5. The van der Waals surface area contributed by atoms with E-state index in [0.717, 1.165) is 10.0 Å². The van der Waals surface area contributed by atoms with Crippen molar-refractivity contribution in [2.45, 2.75) is 14.7 Å². The van der Waals surface area contributed by atoms with Crippen LogP contribution in [0.15, 0.2) is 124 Å². The second kappa shape index (κ2) is 11.5. The molecular weight excluding hydrogens is 463 g/mol. The lowest BCUT2D eigenvalue weighted by atomic mass is 10.1. The van der Waals surface area contributed by atoms with Gasteiger partial charge in [0.25, 0.3) is 0 Å². The van der Waals surface area contributed by atoms with E-state index >= 15 is 0 Å². The third-order valence-electron chi connectivity index (χ3n) is 4.30. The maximum Gasteiger partial charge on any atom is 0.208 e. The summed E-state index contributed by atoms with van der Waals surface area (Å²) >= 11 is 12.0. The van der Waals surface area contributed by atoms with Gasteiger partial charge in [-0.3, -0.25) is 4.79 Å². The molecule has 160 valence electrons. The Morgan fingerprint density at radius 1 is 0.562 bits per heavy atom. The molecule has 0 saturated heterocycles. The average molecular weight is 481 g/mol. The molecule has 4 aromatic carbocycles. The number of carbonyl (C=O) groups is 2. The van der Waals surface area contributed by atoms with Crippen molar-refractivity contribution in [3.63, 3.8) is 0 Å². The van der Waals surface area contributed by atoms with Gasteiger partial charge >= 0.3 is 0 Å². The van der Waals surface area contributed by atoms with E-state index in [9.17, 15) is 14.7 Å². The number of rotatable bonds is 5. The molecule has 0 aliphatic carbocycles. The summed E-state index contributed by atoms with van der Waals surface area (Å²) < 4.78 is 0. The summed E-state index contributed by atoms with van der Waals surface area (Å²) in [6, 6.07) is 34.4. The van der Waals surface area contributed by atoms with Gasteiger partial charge in [0, 0.05) is 15.6 Å². The van der Waals surface area contributed by atoms with Crippen LogP contribution in [0.1, 0.15) is 10.4 Å². The summed E-state index contributed by atoms with van der Waals surface area (Å²) in [4.78, 5) is 24.5. The maximum absolute atomic E-state index is 10.7. The fourth-order valence-corrected chi connectivity index (χ4v) is 5.13. The number of hydrogen-bond donors (Lipinski definition) is 0. The first-order valence-electron chi connectivity index (χ1n) is 9.57. The molecule has 0 atom stereocenters. The molecule has 6 heteroatoms. The molecule has 0 aliphatic rings. The van der Waals surface area contributed by atoms with Gasteiger partial charge < -0.3 is 9.90 Å². The van der Waals surface area contributed by atoms with Crippen molar-refractivity contribution in [1.82, 2.24) is 0 Å². The minimum atomic E-state index is -1.67. The highest BCUT2D eigenvalue weighted by Crippen LogP contribution is 2.32. The van der Waals surface area contributed by atoms with Gasteiger partial charge in [-0.05, 0) is 60.7 Å². The van der Waals surface area contributed by atoms with Gasteiger partial charge in [-0.2, -0.15) is 0 Å². The van der Waals surface area contributed by atoms with Crippen LogP contribution in [-0.4, -0.2) is 11.8 Å². The summed E-state index contributed by atoms with van der Waals surface area (Å²) in [6.07, 6.45) is 0. The third-order valence-corrected chi connectivity index (χ3v) is 7.03. The predicted molar refractivity (Wildman–Crippen MR) is 127 cm³/mol. The first-order chi connectivity index (χ1) is 15.5. The van der Waals surface area contributed by atoms with Crippen molar-refractivity contribution in [1.29, 1.82) is 0 Å². The van der Waals surface area contributed by atoms with Crippen LogP contribution >= 0.6 is 23.2 Å². The zero-order chi connectivity index (χ0) is 22.9. The molecule has 0 bridgehead atoms. The van der Waals surface area contributed by atoms with Crippen molar-refractivity contribution in [2.75, 3.05) is 0 Å². The highest BCUT2D eigenvalue weighted by atomic mass is 35.5. The van der Waals surface area contributed by atoms with Crippen LogP contribution in [-0.2, 0) is 15.7 Å². The lowest BCUT2D eigenvalue weighted by Crippen LogP contribution is -2.31. The van der Waals surface area contributed by atoms with E-state index in [1.807, 2.05) is 30.3 Å². The van der Waals surface area contributed by atoms with E-state index in [1.54, 1.807) is 18.2 Å². The minimum absolute atomic E-state index is 0.146. The lowest BCUT2D eigenvalue weighted by molar-refractivity contribution is -0.296.